The maximum absolute atomic E-state index is 12.8. The van der Waals surface area contributed by atoms with Crippen LogP contribution in [0.5, 0.6) is 0 Å². The number of nitrogens with zero attached hydrogens (tertiary/aromatic N) is 3. The van der Waals surface area contributed by atoms with Crippen molar-refractivity contribution < 1.29 is 19.1 Å². The summed E-state index contributed by atoms with van der Waals surface area (Å²) in [6, 6.07) is 6.04. The highest BCUT2D eigenvalue weighted by Crippen LogP contribution is 2.31. The van der Waals surface area contributed by atoms with Crippen LogP contribution in [0.3, 0.4) is 0 Å². The quantitative estimate of drug-likeness (QED) is 0.488. The van der Waals surface area contributed by atoms with E-state index in [1.54, 1.807) is 0 Å². The fourth-order valence-electron chi connectivity index (χ4n) is 5.17. The average molecular weight is 513 g/mol. The van der Waals surface area contributed by atoms with Gasteiger partial charge in [0.1, 0.15) is 0 Å². The number of hydrogen-bond acceptors (Lipinski definition) is 7. The molecule has 1 aliphatic heterocycles. The Kier molecular flexibility index (Phi) is 8.06. The van der Waals surface area contributed by atoms with Crippen LogP contribution in [0, 0.1) is 12.8 Å². The normalized spacial score (nSPS) is 20.8. The molecule has 1 aromatic carbocycles. The van der Waals surface area contributed by atoms with Gasteiger partial charge in [-0.25, -0.2) is 4.79 Å². The van der Waals surface area contributed by atoms with E-state index in [1.165, 1.54) is 4.68 Å². The number of aromatic nitrogens is 2. The molecule has 1 aliphatic carbocycles. The van der Waals surface area contributed by atoms with Gasteiger partial charge >= 0.3 is 12.0 Å². The third-order valence-electron chi connectivity index (χ3n) is 7.03. The Labute approximate surface area is 218 Å². The van der Waals surface area contributed by atoms with Gasteiger partial charge in [-0.15, -0.1) is 5.10 Å². The summed E-state index contributed by atoms with van der Waals surface area (Å²) < 4.78 is 6.51. The summed E-state index contributed by atoms with van der Waals surface area (Å²) in [5, 5.41) is 14.4. The van der Waals surface area contributed by atoms with Crippen LogP contribution in [-0.4, -0.2) is 76.5 Å². The Hall–Kier alpha value is -3.14. The molecule has 37 heavy (non-hydrogen) atoms. The third-order valence-corrected chi connectivity index (χ3v) is 7.03. The van der Waals surface area contributed by atoms with Crippen LogP contribution in [0.15, 0.2) is 18.2 Å². The Morgan fingerprint density at radius 2 is 1.81 bits per heavy atom. The van der Waals surface area contributed by atoms with Gasteiger partial charge < -0.3 is 20.7 Å². The van der Waals surface area contributed by atoms with Crippen molar-refractivity contribution in [1.29, 1.82) is 0 Å². The first kappa shape index (κ1) is 26.9. The van der Waals surface area contributed by atoms with Gasteiger partial charge in [-0.3, -0.25) is 14.5 Å². The van der Waals surface area contributed by atoms with Gasteiger partial charge in [0, 0.05) is 30.1 Å². The van der Waals surface area contributed by atoms with E-state index in [9.17, 15) is 14.4 Å². The van der Waals surface area contributed by atoms with Crippen molar-refractivity contribution >= 4 is 34.6 Å². The second-order valence-electron chi connectivity index (χ2n) is 11.3. The van der Waals surface area contributed by atoms with Crippen molar-refractivity contribution in [3.8, 4) is 0 Å². The number of benzene rings is 1. The number of carbonyl (C=O) groups is 3. The Bertz CT molecular complexity index is 1140. The van der Waals surface area contributed by atoms with Gasteiger partial charge in [-0.1, -0.05) is 11.6 Å². The van der Waals surface area contributed by atoms with Gasteiger partial charge in [0.15, 0.2) is 5.82 Å². The number of esters is 1. The molecule has 2 heterocycles. The summed E-state index contributed by atoms with van der Waals surface area (Å²) in [7, 11) is 0. The summed E-state index contributed by atoms with van der Waals surface area (Å²) in [6.07, 6.45) is 3.72. The largest absolute Gasteiger partial charge is 0.466 e. The van der Waals surface area contributed by atoms with E-state index in [1.807, 2.05) is 52.8 Å². The van der Waals surface area contributed by atoms with E-state index < -0.39 is 5.54 Å². The number of anilines is 1. The molecule has 0 atom stereocenters. The first-order valence-corrected chi connectivity index (χ1v) is 13.3. The molecule has 2 fully saturated rings. The van der Waals surface area contributed by atoms with Gasteiger partial charge in [0.25, 0.3) is 0 Å². The summed E-state index contributed by atoms with van der Waals surface area (Å²) >= 11 is 0. The molecule has 1 saturated carbocycles. The highest BCUT2D eigenvalue weighted by molar-refractivity contribution is 5.98. The molecule has 0 bridgehead atoms. The molecule has 4 rings (SSSR count). The summed E-state index contributed by atoms with van der Waals surface area (Å²) in [5.74, 6) is 0.364. The van der Waals surface area contributed by atoms with Crippen molar-refractivity contribution in [1.82, 2.24) is 25.3 Å². The summed E-state index contributed by atoms with van der Waals surface area (Å²) in [5.41, 5.74) is 1.33. The van der Waals surface area contributed by atoms with Crippen LogP contribution in [0.1, 0.15) is 58.9 Å². The van der Waals surface area contributed by atoms with E-state index in [2.05, 4.69) is 25.9 Å². The van der Waals surface area contributed by atoms with E-state index in [0.29, 0.717) is 24.0 Å². The molecular formula is C27H40N6O4. The van der Waals surface area contributed by atoms with E-state index in [-0.39, 0.29) is 36.4 Å². The van der Waals surface area contributed by atoms with Crippen LogP contribution in [0.25, 0.3) is 10.9 Å². The zero-order valence-electron chi connectivity index (χ0n) is 22.6. The third kappa shape index (κ3) is 6.60. The van der Waals surface area contributed by atoms with E-state index in [4.69, 9.17) is 4.74 Å². The highest BCUT2D eigenvalue weighted by Gasteiger charge is 2.36. The predicted molar refractivity (Wildman–Crippen MR) is 143 cm³/mol. The molecule has 2 aliphatic rings. The first-order valence-electron chi connectivity index (χ1n) is 13.3. The molecule has 0 radical (unpaired) electrons. The van der Waals surface area contributed by atoms with E-state index in [0.717, 1.165) is 49.7 Å². The number of amides is 2. The first-order chi connectivity index (χ1) is 17.5. The molecule has 2 amide bonds. The number of ether oxygens (including phenoxy) is 1. The number of rotatable bonds is 7. The number of aryl methyl sites for hydroxylation is 1. The highest BCUT2D eigenvalue weighted by atomic mass is 16.5. The second kappa shape index (κ2) is 11.1. The zero-order valence-corrected chi connectivity index (χ0v) is 22.6. The zero-order chi connectivity index (χ0) is 26.7. The second-order valence-corrected chi connectivity index (χ2v) is 11.3. The number of nitrogens with one attached hydrogen (secondary N) is 3. The predicted octanol–water partition coefficient (Wildman–Crippen LogP) is 3.04. The van der Waals surface area contributed by atoms with Gasteiger partial charge in [0.2, 0.25) is 5.91 Å². The summed E-state index contributed by atoms with van der Waals surface area (Å²) in [4.78, 5) is 39.8. The number of likely N-dealkylation sites (tertiary alicyclic amines) is 1. The minimum absolute atomic E-state index is 0.0296. The molecule has 10 nitrogen and oxygen atoms in total. The van der Waals surface area contributed by atoms with Crippen LogP contribution in [-0.2, 0) is 14.3 Å². The molecule has 10 heteroatoms. The summed E-state index contributed by atoms with van der Waals surface area (Å²) in [6.45, 7) is 11.7. The van der Waals surface area contributed by atoms with Gasteiger partial charge in [0.05, 0.1) is 30.6 Å². The minimum Gasteiger partial charge on any atom is -0.466 e. The monoisotopic (exact) mass is 512 g/mol. The Balaban J connectivity index is 1.27. The van der Waals surface area contributed by atoms with Gasteiger partial charge in [-0.2, -0.15) is 4.68 Å². The standard InChI is InChI=1S/C27H40N6O4/c1-6-37-25(35)18-8-10-20(11-9-18)32-15-19(16-32)29-23(34)14-28-24-21-13-17(2)7-12-22(21)33(31-24)26(36)30-27(3,4)5/h7,12-13,18-20H,6,8-11,14-16H2,1-5H3,(H,28,31)(H,29,34)(H,30,36). The molecule has 1 aromatic heterocycles. The van der Waals surface area contributed by atoms with Crippen LogP contribution >= 0.6 is 0 Å². The lowest BCUT2D eigenvalue weighted by Gasteiger charge is -2.46. The molecule has 3 N–H and O–H groups in total. The number of fused-ring (bicyclic) bond motifs is 1. The topological polar surface area (TPSA) is 118 Å². The van der Waals surface area contributed by atoms with Crippen molar-refractivity contribution in [2.24, 2.45) is 5.92 Å². The Morgan fingerprint density at radius 1 is 1.11 bits per heavy atom. The van der Waals surface area contributed by atoms with Crippen LogP contribution in [0.2, 0.25) is 0 Å². The van der Waals surface area contributed by atoms with Crippen LogP contribution < -0.4 is 16.0 Å². The lowest BCUT2D eigenvalue weighted by atomic mass is 9.84. The molecule has 1 saturated heterocycles. The average Bonchev–Trinajstić information content (AvgIpc) is 3.17. The number of carbonyl (C=O) groups excluding carboxylic acids is 3. The Morgan fingerprint density at radius 3 is 2.46 bits per heavy atom. The maximum Gasteiger partial charge on any atom is 0.343 e. The van der Waals surface area contributed by atoms with E-state index >= 15 is 0 Å². The molecule has 202 valence electrons. The molecule has 0 spiro atoms. The smallest absolute Gasteiger partial charge is 0.343 e. The number of hydrogen-bond donors (Lipinski definition) is 3. The van der Waals surface area contributed by atoms with Crippen molar-refractivity contribution in [2.45, 2.75) is 77.9 Å². The van der Waals surface area contributed by atoms with Crippen molar-refractivity contribution in [3.05, 3.63) is 23.8 Å². The molecule has 0 unspecified atom stereocenters. The lowest BCUT2D eigenvalue weighted by molar-refractivity contribution is -0.149. The fraction of sp³-hybridized carbons (Fsp3) is 0.630. The molecular weight excluding hydrogens is 472 g/mol. The SMILES string of the molecule is CCOC(=O)C1CCC(N2CC(NC(=O)CNc3nn(C(=O)NC(C)(C)C)c4ccc(C)cc34)C2)CC1. The fourth-order valence-corrected chi connectivity index (χ4v) is 5.17. The van der Waals surface area contributed by atoms with Crippen molar-refractivity contribution in [2.75, 3.05) is 31.6 Å². The van der Waals surface area contributed by atoms with Gasteiger partial charge in [-0.05, 0) is 72.4 Å². The van der Waals surface area contributed by atoms with Crippen LogP contribution in [0.4, 0.5) is 10.6 Å². The lowest BCUT2D eigenvalue weighted by Crippen LogP contribution is -2.63. The van der Waals surface area contributed by atoms with Crippen molar-refractivity contribution in [3.63, 3.8) is 0 Å². The molecule has 2 aromatic rings. The minimum atomic E-state index is -0.398. The maximum atomic E-state index is 12.8.